The van der Waals surface area contributed by atoms with E-state index in [2.05, 4.69) is 4.52 Å². The van der Waals surface area contributed by atoms with Crippen LogP contribution in [0.15, 0.2) is 11.3 Å². The molecule has 0 aromatic rings. The molecule has 0 aromatic heterocycles. The van der Waals surface area contributed by atoms with E-state index in [1.165, 1.54) is 4.90 Å². The third kappa shape index (κ3) is 7.79. The summed E-state index contributed by atoms with van der Waals surface area (Å²) in [4.78, 5) is 12.6. The second-order valence-electron chi connectivity index (χ2n) is 3.58. The molecule has 0 aliphatic heterocycles. The van der Waals surface area contributed by atoms with Gasteiger partial charge in [-0.25, -0.2) is 0 Å². The summed E-state index contributed by atoms with van der Waals surface area (Å²) in [5.41, 5.74) is 1.14. The summed E-state index contributed by atoms with van der Waals surface area (Å²) in [5.74, 6) is 0.208. The molecule has 0 aliphatic carbocycles. The predicted octanol–water partition coefficient (Wildman–Crippen LogP) is 0.903. The first kappa shape index (κ1) is 16.9. The minimum Gasteiger partial charge on any atom is -0.746 e. The smallest absolute Gasteiger partial charge is 0.319 e. The van der Waals surface area contributed by atoms with E-state index in [0.29, 0.717) is 13.0 Å². The number of likely N-dealkylation sites (N-methyl/N-ethyl adjacent to an activating group) is 1. The first-order valence-electron chi connectivity index (χ1n) is 5.77. The van der Waals surface area contributed by atoms with Gasteiger partial charge in [-0.05, 0) is 20.3 Å². The molecule has 17 heavy (non-hydrogen) atoms. The molecular formula is C10H21ClNO4P. The van der Waals surface area contributed by atoms with Gasteiger partial charge in [-0.15, -0.1) is 0 Å². The van der Waals surface area contributed by atoms with Crippen LogP contribution in [-0.4, -0.2) is 26.2 Å². The lowest BCUT2D eigenvalue weighted by atomic mass is 10.4. The van der Waals surface area contributed by atoms with Gasteiger partial charge < -0.3 is 18.8 Å². The number of hydrogen-bond acceptors (Lipinski definition) is 4. The van der Waals surface area contributed by atoms with E-state index in [4.69, 9.17) is 16.1 Å². The number of hydrogen-bond donors (Lipinski definition) is 1. The van der Waals surface area contributed by atoms with Crippen molar-refractivity contribution < 1.29 is 23.4 Å². The summed E-state index contributed by atoms with van der Waals surface area (Å²) in [6.45, 7) is 8.12. The predicted molar refractivity (Wildman–Crippen MR) is 65.8 cm³/mol. The zero-order valence-corrected chi connectivity index (χ0v) is 12.2. The number of quaternary nitrogens is 1. The molecule has 0 amide bonds. The highest BCUT2D eigenvalue weighted by atomic mass is 35.5. The standard InChI is InChI=1S/C10H21ClNO4P/c1-4-7-15-17(13,14)16-10(8-11)9-12(5-2)6-3/h8H,4-7,9H2,1-3H3,(H,13,14)/b10-8+. The van der Waals surface area contributed by atoms with Crippen molar-refractivity contribution in [2.75, 3.05) is 26.2 Å². The topological polar surface area (TPSA) is 63.0 Å². The fourth-order valence-electron chi connectivity index (χ4n) is 1.21. The van der Waals surface area contributed by atoms with Crippen molar-refractivity contribution in [2.45, 2.75) is 27.2 Å². The van der Waals surface area contributed by atoms with E-state index >= 15 is 0 Å². The van der Waals surface area contributed by atoms with Crippen LogP contribution in [0, 0.1) is 0 Å². The summed E-state index contributed by atoms with van der Waals surface area (Å²) >= 11 is 5.55. The van der Waals surface area contributed by atoms with Gasteiger partial charge in [0.15, 0.2) is 5.76 Å². The van der Waals surface area contributed by atoms with Gasteiger partial charge in [0.2, 0.25) is 0 Å². The Labute approximate surface area is 108 Å². The molecule has 102 valence electrons. The van der Waals surface area contributed by atoms with Crippen molar-refractivity contribution in [1.82, 2.24) is 0 Å². The molecule has 1 N–H and O–H groups in total. The fourth-order valence-corrected chi connectivity index (χ4v) is 2.26. The van der Waals surface area contributed by atoms with Gasteiger partial charge in [-0.2, -0.15) is 0 Å². The maximum Gasteiger partial charge on any atom is 0.319 e. The minimum absolute atomic E-state index is 0.120. The van der Waals surface area contributed by atoms with E-state index in [1.807, 2.05) is 20.8 Å². The van der Waals surface area contributed by atoms with Crippen LogP contribution >= 0.6 is 19.4 Å². The highest BCUT2D eigenvalue weighted by Gasteiger charge is 2.16. The Morgan fingerprint density at radius 1 is 1.41 bits per heavy atom. The molecule has 0 rings (SSSR count). The van der Waals surface area contributed by atoms with Crippen LogP contribution in [0.1, 0.15) is 27.2 Å². The Kier molecular flexibility index (Phi) is 8.92. The lowest BCUT2D eigenvalue weighted by molar-refractivity contribution is -0.892. The number of halogens is 1. The largest absolute Gasteiger partial charge is 0.746 e. The molecule has 7 heteroatoms. The molecule has 0 aromatic carbocycles. The third-order valence-corrected chi connectivity index (χ3v) is 3.43. The maximum absolute atomic E-state index is 11.4. The minimum atomic E-state index is -4.27. The van der Waals surface area contributed by atoms with Crippen LogP contribution < -0.4 is 9.79 Å². The first-order valence-corrected chi connectivity index (χ1v) is 7.66. The molecule has 0 saturated heterocycles. The Hall–Kier alpha value is -0.0600. The van der Waals surface area contributed by atoms with Crippen LogP contribution in [0.25, 0.3) is 0 Å². The summed E-state index contributed by atoms with van der Waals surface area (Å²) in [5, 5.41) is 0. The molecule has 0 heterocycles. The highest BCUT2D eigenvalue weighted by Crippen LogP contribution is 2.40. The van der Waals surface area contributed by atoms with E-state index in [0.717, 1.165) is 18.6 Å². The Bertz CT molecular complexity index is 281. The van der Waals surface area contributed by atoms with Crippen molar-refractivity contribution >= 4 is 19.4 Å². The van der Waals surface area contributed by atoms with Crippen molar-refractivity contribution in [1.29, 1.82) is 0 Å². The number of phosphoric acid groups is 1. The van der Waals surface area contributed by atoms with Crippen molar-refractivity contribution in [2.24, 2.45) is 0 Å². The lowest BCUT2D eigenvalue weighted by Crippen LogP contribution is -3.11. The monoisotopic (exact) mass is 285 g/mol. The lowest BCUT2D eigenvalue weighted by Gasteiger charge is -2.25. The van der Waals surface area contributed by atoms with Crippen LogP contribution in [0.4, 0.5) is 0 Å². The molecule has 0 bridgehead atoms. The van der Waals surface area contributed by atoms with Gasteiger partial charge in [0.1, 0.15) is 6.54 Å². The van der Waals surface area contributed by atoms with Crippen LogP contribution in [0.2, 0.25) is 0 Å². The van der Waals surface area contributed by atoms with E-state index < -0.39 is 7.82 Å². The Morgan fingerprint density at radius 2 is 2.00 bits per heavy atom. The van der Waals surface area contributed by atoms with E-state index in [1.54, 1.807) is 0 Å². The van der Waals surface area contributed by atoms with E-state index in [-0.39, 0.29) is 12.4 Å². The molecule has 0 saturated carbocycles. The molecule has 0 fully saturated rings. The quantitative estimate of drug-likeness (QED) is 0.505. The van der Waals surface area contributed by atoms with Crippen molar-refractivity contribution in [3.63, 3.8) is 0 Å². The second-order valence-corrected chi connectivity index (χ2v) is 5.13. The third-order valence-electron chi connectivity index (χ3n) is 2.23. The van der Waals surface area contributed by atoms with Crippen molar-refractivity contribution in [3.8, 4) is 0 Å². The molecule has 1 unspecified atom stereocenters. The van der Waals surface area contributed by atoms with Crippen LogP contribution in [0.3, 0.4) is 0 Å². The molecule has 0 aliphatic rings. The Morgan fingerprint density at radius 3 is 2.41 bits per heavy atom. The normalized spacial score (nSPS) is 16.0. The van der Waals surface area contributed by atoms with Gasteiger partial charge >= 0.3 is 7.82 Å². The average Bonchev–Trinajstić information content (AvgIpc) is 2.31. The van der Waals surface area contributed by atoms with Crippen LogP contribution in [0.5, 0.6) is 0 Å². The van der Waals surface area contributed by atoms with Gasteiger partial charge in [-0.1, -0.05) is 18.5 Å². The number of phosphoric ester groups is 1. The summed E-state index contributed by atoms with van der Waals surface area (Å²) < 4.78 is 20.8. The van der Waals surface area contributed by atoms with E-state index in [9.17, 15) is 9.46 Å². The summed E-state index contributed by atoms with van der Waals surface area (Å²) in [7, 11) is -4.27. The molecule has 1 atom stereocenters. The molecule has 0 radical (unpaired) electrons. The van der Waals surface area contributed by atoms with Crippen molar-refractivity contribution in [3.05, 3.63) is 11.3 Å². The van der Waals surface area contributed by atoms with Crippen LogP contribution in [-0.2, 0) is 13.6 Å². The fraction of sp³-hybridized carbons (Fsp3) is 0.800. The summed E-state index contributed by atoms with van der Waals surface area (Å²) in [6.07, 6.45) is 0.608. The molecule has 0 spiro atoms. The Balaban J connectivity index is 4.35. The first-order chi connectivity index (χ1) is 7.99. The summed E-state index contributed by atoms with van der Waals surface area (Å²) in [6, 6.07) is 0. The number of rotatable bonds is 9. The zero-order chi connectivity index (χ0) is 13.3. The molecule has 5 nitrogen and oxygen atoms in total. The second kappa shape index (κ2) is 8.95. The number of nitrogens with one attached hydrogen (secondary N) is 1. The van der Waals surface area contributed by atoms with Gasteiger partial charge in [0, 0.05) is 5.54 Å². The zero-order valence-electron chi connectivity index (χ0n) is 10.6. The maximum atomic E-state index is 11.4. The van der Waals surface area contributed by atoms with Gasteiger partial charge in [-0.3, -0.25) is 4.57 Å². The average molecular weight is 286 g/mol. The molecular weight excluding hydrogens is 265 g/mol. The highest BCUT2D eigenvalue weighted by molar-refractivity contribution is 7.46. The SMILES string of the molecule is CCCOP(=O)([O-])O/C(=C/Cl)C[NH+](CC)CC. The van der Waals surface area contributed by atoms with Gasteiger partial charge in [0.05, 0.1) is 19.7 Å². The van der Waals surface area contributed by atoms with Gasteiger partial charge in [0.25, 0.3) is 0 Å².